The van der Waals surface area contributed by atoms with Crippen LogP contribution in [0.5, 0.6) is 5.75 Å². The van der Waals surface area contributed by atoms with Gasteiger partial charge in [-0.2, -0.15) is 8.78 Å². The van der Waals surface area contributed by atoms with Gasteiger partial charge in [0.05, 0.1) is 5.02 Å². The maximum absolute atomic E-state index is 12.5. The number of hydrogen-bond donors (Lipinski definition) is 2. The van der Waals surface area contributed by atoms with Crippen LogP contribution in [0.4, 0.5) is 8.78 Å². The molecule has 2 aromatic carbocycles. The Morgan fingerprint density at radius 1 is 1.16 bits per heavy atom. The molecule has 0 spiro atoms. The van der Waals surface area contributed by atoms with Gasteiger partial charge in [0.25, 0.3) is 12.5 Å². The molecule has 1 aliphatic heterocycles. The quantitative estimate of drug-likeness (QED) is 0.555. The number of aliphatic imine (C=N–C) groups is 1. The van der Waals surface area contributed by atoms with Crippen LogP contribution in [0.15, 0.2) is 66.2 Å². The molecule has 1 unspecified atom stereocenters. The highest BCUT2D eigenvalue weighted by Crippen LogP contribution is 2.41. The van der Waals surface area contributed by atoms with Crippen molar-refractivity contribution in [3.8, 4) is 16.9 Å². The van der Waals surface area contributed by atoms with Crippen molar-refractivity contribution in [1.29, 1.82) is 0 Å². The van der Waals surface area contributed by atoms with Crippen molar-refractivity contribution in [2.45, 2.75) is 12.2 Å². The highest BCUT2D eigenvalue weighted by molar-refractivity contribution is 6.32. The zero-order valence-corrected chi connectivity index (χ0v) is 17.1. The van der Waals surface area contributed by atoms with Gasteiger partial charge < -0.3 is 20.3 Å². The molecule has 166 valence electrons. The third-order valence-corrected chi connectivity index (χ3v) is 4.88. The SMILES string of the molecule is NC1=NC(c2cccc(-c3cncnc3)c2)(c2ccc(OC(F)F)c(Cl)c2)CO1.O=CO. The molecule has 32 heavy (non-hydrogen) atoms. The molecular weight excluding hydrogens is 446 g/mol. The van der Waals surface area contributed by atoms with E-state index in [4.69, 9.17) is 32.0 Å². The minimum Gasteiger partial charge on any atom is -0.483 e. The van der Waals surface area contributed by atoms with Gasteiger partial charge in [-0.15, -0.1) is 0 Å². The molecule has 2 heterocycles. The summed E-state index contributed by atoms with van der Waals surface area (Å²) in [6.07, 6.45) is 4.86. The minimum absolute atomic E-state index is 0.0301. The van der Waals surface area contributed by atoms with Crippen molar-refractivity contribution in [2.75, 3.05) is 6.61 Å². The van der Waals surface area contributed by atoms with E-state index in [0.717, 1.165) is 16.7 Å². The molecule has 0 saturated carbocycles. The summed E-state index contributed by atoms with van der Waals surface area (Å²) in [5.74, 6) is -0.119. The van der Waals surface area contributed by atoms with Crippen molar-refractivity contribution >= 4 is 24.1 Å². The highest BCUT2D eigenvalue weighted by atomic mass is 35.5. The van der Waals surface area contributed by atoms with Crippen LogP contribution in [-0.4, -0.2) is 40.8 Å². The average Bonchev–Trinajstić information content (AvgIpc) is 3.19. The first-order chi connectivity index (χ1) is 15.4. The van der Waals surface area contributed by atoms with E-state index in [0.29, 0.717) is 5.56 Å². The highest BCUT2D eigenvalue weighted by Gasteiger charge is 2.40. The Bertz CT molecular complexity index is 1120. The monoisotopic (exact) mass is 462 g/mol. The summed E-state index contributed by atoms with van der Waals surface area (Å²) in [6.45, 7) is -3.08. The van der Waals surface area contributed by atoms with Gasteiger partial charge in [0.2, 0.25) is 0 Å². The van der Waals surface area contributed by atoms with E-state index in [1.165, 1.54) is 18.5 Å². The number of carboxylic acid groups (broad SMARTS) is 1. The van der Waals surface area contributed by atoms with Gasteiger partial charge in [0, 0.05) is 18.0 Å². The van der Waals surface area contributed by atoms with Crippen LogP contribution in [0.1, 0.15) is 11.1 Å². The first-order valence-electron chi connectivity index (χ1n) is 9.06. The smallest absolute Gasteiger partial charge is 0.387 e. The molecule has 3 N–H and O–H groups in total. The lowest BCUT2D eigenvalue weighted by atomic mass is 9.83. The number of hydrogen-bond acceptors (Lipinski definition) is 7. The molecule has 0 radical (unpaired) electrons. The molecule has 0 bridgehead atoms. The van der Waals surface area contributed by atoms with Crippen molar-refractivity contribution in [2.24, 2.45) is 10.7 Å². The average molecular weight is 463 g/mol. The van der Waals surface area contributed by atoms with E-state index >= 15 is 0 Å². The lowest BCUT2D eigenvalue weighted by Gasteiger charge is -2.26. The van der Waals surface area contributed by atoms with Gasteiger partial charge >= 0.3 is 6.61 Å². The summed E-state index contributed by atoms with van der Waals surface area (Å²) in [5, 5.41) is 6.93. The first kappa shape index (κ1) is 22.9. The molecule has 3 aromatic rings. The number of amidine groups is 1. The summed E-state index contributed by atoms with van der Waals surface area (Å²) in [6, 6.07) is 12.2. The van der Waals surface area contributed by atoms with Crippen molar-refractivity contribution in [1.82, 2.24) is 9.97 Å². The van der Waals surface area contributed by atoms with Gasteiger partial charge in [0.15, 0.2) is 5.54 Å². The summed E-state index contributed by atoms with van der Waals surface area (Å²) >= 11 is 6.17. The molecule has 11 heteroatoms. The van der Waals surface area contributed by atoms with E-state index in [1.807, 2.05) is 24.3 Å². The number of nitrogens with two attached hydrogens (primary N) is 1. The van der Waals surface area contributed by atoms with Gasteiger partial charge in [-0.05, 0) is 34.9 Å². The summed E-state index contributed by atoms with van der Waals surface area (Å²) < 4.78 is 35.0. The number of benzene rings is 2. The molecule has 0 aliphatic carbocycles. The lowest BCUT2D eigenvalue weighted by molar-refractivity contribution is -0.122. The van der Waals surface area contributed by atoms with E-state index < -0.39 is 12.2 Å². The van der Waals surface area contributed by atoms with Crippen molar-refractivity contribution in [3.05, 3.63) is 77.3 Å². The predicted molar refractivity (Wildman–Crippen MR) is 113 cm³/mol. The van der Waals surface area contributed by atoms with Gasteiger partial charge in [-0.25, -0.2) is 15.0 Å². The molecule has 1 aliphatic rings. The first-order valence-corrected chi connectivity index (χ1v) is 9.44. The standard InChI is InChI=1S/C20H15ClF2N4O2.CH2O2/c21-16-7-15(4-5-17(16)29-18(22)23)20(10-28-19(24)27-20)14-3-1-2-12(6-14)13-8-25-11-26-9-13;2-1-3/h1-9,11,18H,10H2,(H2,24,27);1H,(H,2,3). The fourth-order valence-corrected chi connectivity index (χ4v) is 3.47. The largest absolute Gasteiger partial charge is 0.483 e. The van der Waals surface area contributed by atoms with Crippen LogP contribution in [0.3, 0.4) is 0 Å². The van der Waals surface area contributed by atoms with Crippen molar-refractivity contribution in [3.63, 3.8) is 0 Å². The Morgan fingerprint density at radius 2 is 1.84 bits per heavy atom. The lowest BCUT2D eigenvalue weighted by Crippen LogP contribution is -2.27. The maximum Gasteiger partial charge on any atom is 0.387 e. The van der Waals surface area contributed by atoms with E-state index in [9.17, 15) is 8.78 Å². The van der Waals surface area contributed by atoms with Gasteiger partial charge in [-0.3, -0.25) is 4.79 Å². The van der Waals surface area contributed by atoms with E-state index in [2.05, 4.69) is 19.7 Å². The Morgan fingerprint density at radius 3 is 2.44 bits per heavy atom. The molecule has 0 amide bonds. The number of ether oxygens (including phenoxy) is 2. The number of aromatic nitrogens is 2. The number of carbonyl (C=O) groups is 1. The van der Waals surface area contributed by atoms with Crippen LogP contribution in [0, 0.1) is 0 Å². The predicted octanol–water partition coefficient (Wildman–Crippen LogP) is 3.69. The third kappa shape index (κ3) is 4.92. The maximum atomic E-state index is 12.5. The van der Waals surface area contributed by atoms with E-state index in [1.54, 1.807) is 18.5 Å². The molecule has 1 aromatic heterocycles. The zero-order chi connectivity index (χ0) is 23.1. The van der Waals surface area contributed by atoms with Crippen LogP contribution in [0.2, 0.25) is 5.02 Å². The van der Waals surface area contributed by atoms with Crippen LogP contribution < -0.4 is 10.5 Å². The van der Waals surface area contributed by atoms with Crippen molar-refractivity contribution < 1.29 is 28.2 Å². The Balaban J connectivity index is 0.000000913. The fraction of sp³-hybridized carbons (Fsp3) is 0.143. The molecule has 4 rings (SSSR count). The second kappa shape index (κ2) is 10.0. The Labute approximate surface area is 186 Å². The second-order valence-electron chi connectivity index (χ2n) is 6.44. The van der Waals surface area contributed by atoms with Crippen LogP contribution in [-0.2, 0) is 15.1 Å². The second-order valence-corrected chi connectivity index (χ2v) is 6.84. The van der Waals surface area contributed by atoms with Crippen LogP contribution >= 0.6 is 11.6 Å². The Hall–Kier alpha value is -3.79. The molecular formula is C21H17ClF2N4O4. The molecule has 0 fully saturated rings. The number of rotatable bonds is 5. The Kier molecular flexibility index (Phi) is 7.16. The van der Waals surface area contributed by atoms with Gasteiger partial charge in [-0.1, -0.05) is 35.9 Å². The van der Waals surface area contributed by atoms with Crippen LogP contribution in [0.25, 0.3) is 11.1 Å². The van der Waals surface area contributed by atoms with E-state index in [-0.39, 0.29) is 29.9 Å². The number of nitrogens with zero attached hydrogens (tertiary/aromatic N) is 3. The number of halogens is 3. The minimum atomic E-state index is -2.97. The third-order valence-electron chi connectivity index (χ3n) is 4.59. The molecule has 8 nitrogen and oxygen atoms in total. The topological polar surface area (TPSA) is 120 Å². The molecule has 0 saturated heterocycles. The summed E-state index contributed by atoms with van der Waals surface area (Å²) in [7, 11) is 0. The normalized spacial score (nSPS) is 17.1. The zero-order valence-electron chi connectivity index (χ0n) is 16.4. The number of alkyl halides is 2. The molecule has 1 atom stereocenters. The summed E-state index contributed by atoms with van der Waals surface area (Å²) in [5.41, 5.74) is 7.97. The van der Waals surface area contributed by atoms with Gasteiger partial charge in [0.1, 0.15) is 18.7 Å². The fourth-order valence-electron chi connectivity index (χ4n) is 3.25. The summed E-state index contributed by atoms with van der Waals surface area (Å²) in [4.78, 5) is 21.0.